The maximum absolute atomic E-state index is 4.46. The van der Waals surface area contributed by atoms with Gasteiger partial charge in [0.2, 0.25) is 0 Å². The molecule has 1 unspecified atom stereocenters. The molecule has 3 rings (SSSR count). The van der Waals surface area contributed by atoms with Crippen molar-refractivity contribution >= 4 is 0 Å². The first-order valence-electron chi connectivity index (χ1n) is 7.22. The van der Waals surface area contributed by atoms with Gasteiger partial charge in [-0.15, -0.1) is 0 Å². The van der Waals surface area contributed by atoms with Crippen LogP contribution in [0.5, 0.6) is 0 Å². The maximum Gasteiger partial charge on any atom is 0.0923 e. The van der Waals surface area contributed by atoms with Crippen molar-refractivity contribution in [1.82, 2.24) is 15.5 Å². The number of aromatic nitrogens is 2. The first-order valence-corrected chi connectivity index (χ1v) is 7.22. The summed E-state index contributed by atoms with van der Waals surface area (Å²) in [5.41, 5.74) is 4.89. The van der Waals surface area contributed by atoms with Gasteiger partial charge < -0.3 is 5.32 Å². The molecule has 0 bridgehead atoms. The van der Waals surface area contributed by atoms with Gasteiger partial charge >= 0.3 is 0 Å². The number of nitrogens with one attached hydrogen (secondary N) is 2. The lowest BCUT2D eigenvalue weighted by atomic mass is 9.95. The van der Waals surface area contributed by atoms with Crippen LogP contribution in [0.15, 0.2) is 30.3 Å². The molecule has 3 heteroatoms. The van der Waals surface area contributed by atoms with Gasteiger partial charge in [-0.05, 0) is 37.4 Å². The van der Waals surface area contributed by atoms with E-state index < -0.39 is 0 Å². The van der Waals surface area contributed by atoms with Crippen LogP contribution in [-0.2, 0) is 6.42 Å². The van der Waals surface area contributed by atoms with E-state index in [0.717, 1.165) is 25.2 Å². The summed E-state index contributed by atoms with van der Waals surface area (Å²) in [4.78, 5) is 0. The Morgan fingerprint density at radius 1 is 1.26 bits per heavy atom. The molecule has 1 aliphatic rings. The van der Waals surface area contributed by atoms with E-state index in [1.54, 1.807) is 0 Å². The van der Waals surface area contributed by atoms with Gasteiger partial charge in [0, 0.05) is 23.7 Å². The Bertz CT molecular complexity index is 521. The Labute approximate surface area is 114 Å². The van der Waals surface area contributed by atoms with Crippen LogP contribution in [0.4, 0.5) is 0 Å². The van der Waals surface area contributed by atoms with Crippen LogP contribution in [0.2, 0.25) is 0 Å². The van der Waals surface area contributed by atoms with Crippen LogP contribution in [0.25, 0.3) is 11.3 Å². The van der Waals surface area contributed by atoms with Crippen molar-refractivity contribution < 1.29 is 0 Å². The topological polar surface area (TPSA) is 40.7 Å². The average molecular weight is 255 g/mol. The summed E-state index contributed by atoms with van der Waals surface area (Å²) in [6.07, 6.45) is 3.59. The van der Waals surface area contributed by atoms with Gasteiger partial charge in [0.15, 0.2) is 0 Å². The monoisotopic (exact) mass is 255 g/mol. The summed E-state index contributed by atoms with van der Waals surface area (Å²) in [6.45, 7) is 4.39. The Hall–Kier alpha value is -1.61. The number of piperidine rings is 1. The highest BCUT2D eigenvalue weighted by molar-refractivity contribution is 5.59. The van der Waals surface area contributed by atoms with Crippen LogP contribution < -0.4 is 5.32 Å². The third-order valence-corrected chi connectivity index (χ3v) is 3.99. The minimum Gasteiger partial charge on any atom is -0.316 e. The molecule has 0 amide bonds. The molecule has 1 fully saturated rings. The summed E-state index contributed by atoms with van der Waals surface area (Å²) < 4.78 is 0. The Morgan fingerprint density at radius 3 is 2.79 bits per heavy atom. The molecule has 1 aromatic heterocycles. The molecule has 0 aliphatic carbocycles. The van der Waals surface area contributed by atoms with E-state index in [0.29, 0.717) is 5.92 Å². The molecule has 2 N–H and O–H groups in total. The number of rotatable bonds is 3. The van der Waals surface area contributed by atoms with Crippen molar-refractivity contribution in [3.8, 4) is 11.3 Å². The van der Waals surface area contributed by atoms with E-state index in [-0.39, 0.29) is 0 Å². The zero-order valence-corrected chi connectivity index (χ0v) is 11.4. The lowest BCUT2D eigenvalue weighted by Crippen LogP contribution is -2.28. The van der Waals surface area contributed by atoms with E-state index in [1.807, 2.05) is 0 Å². The van der Waals surface area contributed by atoms with E-state index >= 15 is 0 Å². The van der Waals surface area contributed by atoms with Crippen molar-refractivity contribution in [1.29, 1.82) is 0 Å². The quantitative estimate of drug-likeness (QED) is 0.884. The number of benzene rings is 1. The second kappa shape index (κ2) is 5.57. The minimum atomic E-state index is 0.588. The van der Waals surface area contributed by atoms with Crippen LogP contribution >= 0.6 is 0 Å². The fourth-order valence-corrected chi connectivity index (χ4v) is 2.72. The Kier molecular flexibility index (Phi) is 3.65. The molecule has 0 saturated carbocycles. The Morgan fingerprint density at radius 2 is 2.11 bits per heavy atom. The summed E-state index contributed by atoms with van der Waals surface area (Å²) in [5.74, 6) is 0.588. The second-order valence-corrected chi connectivity index (χ2v) is 5.30. The molecule has 2 heterocycles. The number of hydrogen-bond donors (Lipinski definition) is 2. The molecule has 1 aromatic carbocycles. The van der Waals surface area contributed by atoms with Gasteiger partial charge in [0.05, 0.1) is 5.69 Å². The molecule has 100 valence electrons. The summed E-state index contributed by atoms with van der Waals surface area (Å²) in [7, 11) is 0. The smallest absolute Gasteiger partial charge is 0.0923 e. The third-order valence-electron chi connectivity index (χ3n) is 3.99. The van der Waals surface area contributed by atoms with Crippen LogP contribution in [-0.4, -0.2) is 23.3 Å². The van der Waals surface area contributed by atoms with Gasteiger partial charge in [-0.25, -0.2) is 0 Å². The highest BCUT2D eigenvalue weighted by Crippen LogP contribution is 2.25. The lowest BCUT2D eigenvalue weighted by Gasteiger charge is -2.21. The maximum atomic E-state index is 4.46. The molecule has 2 aromatic rings. The first-order chi connectivity index (χ1) is 9.36. The number of hydrogen-bond acceptors (Lipinski definition) is 2. The zero-order valence-electron chi connectivity index (χ0n) is 11.4. The van der Waals surface area contributed by atoms with Crippen LogP contribution in [0.3, 0.4) is 0 Å². The molecular formula is C16H21N3. The summed E-state index contributed by atoms with van der Waals surface area (Å²) in [6, 6.07) is 10.9. The van der Waals surface area contributed by atoms with Gasteiger partial charge in [-0.3, -0.25) is 5.10 Å². The van der Waals surface area contributed by atoms with Gasteiger partial charge in [-0.2, -0.15) is 5.10 Å². The average Bonchev–Trinajstić information content (AvgIpc) is 2.98. The van der Waals surface area contributed by atoms with Gasteiger partial charge in [-0.1, -0.05) is 31.2 Å². The molecule has 0 spiro atoms. The minimum absolute atomic E-state index is 0.588. The van der Waals surface area contributed by atoms with E-state index in [2.05, 4.69) is 52.8 Å². The van der Waals surface area contributed by atoms with Crippen molar-refractivity contribution in [3.63, 3.8) is 0 Å². The first kappa shape index (κ1) is 12.4. The molecule has 0 radical (unpaired) electrons. The number of aromatic amines is 1. The number of nitrogens with zero attached hydrogens (tertiary/aromatic N) is 1. The van der Waals surface area contributed by atoms with E-state index in [1.165, 1.54) is 29.7 Å². The highest BCUT2D eigenvalue weighted by Gasteiger charge is 2.17. The summed E-state index contributed by atoms with van der Waals surface area (Å²) in [5, 5.41) is 11.1. The molecular weight excluding hydrogens is 234 g/mol. The normalized spacial score (nSPS) is 19.5. The fraction of sp³-hybridized carbons (Fsp3) is 0.438. The molecule has 1 aliphatic heterocycles. The fourth-order valence-electron chi connectivity index (χ4n) is 2.72. The van der Waals surface area contributed by atoms with Crippen molar-refractivity contribution in [3.05, 3.63) is 41.6 Å². The molecule has 19 heavy (non-hydrogen) atoms. The molecule has 1 saturated heterocycles. The van der Waals surface area contributed by atoms with Crippen molar-refractivity contribution in [2.24, 2.45) is 0 Å². The van der Waals surface area contributed by atoms with Crippen molar-refractivity contribution in [2.75, 3.05) is 13.1 Å². The standard InChI is InChI=1S/C16H21N3/c1-2-12-5-7-13(8-6-12)15-10-16(19-18-15)14-4-3-9-17-11-14/h5-8,10,14,17H,2-4,9,11H2,1H3,(H,18,19). The lowest BCUT2D eigenvalue weighted by molar-refractivity contribution is 0.454. The number of aryl methyl sites for hydroxylation is 1. The van der Waals surface area contributed by atoms with Gasteiger partial charge in [0.25, 0.3) is 0 Å². The van der Waals surface area contributed by atoms with E-state index in [9.17, 15) is 0 Å². The van der Waals surface area contributed by atoms with Crippen molar-refractivity contribution in [2.45, 2.75) is 32.1 Å². The van der Waals surface area contributed by atoms with E-state index in [4.69, 9.17) is 0 Å². The Balaban J connectivity index is 1.79. The second-order valence-electron chi connectivity index (χ2n) is 5.30. The van der Waals surface area contributed by atoms with Crippen LogP contribution in [0.1, 0.15) is 36.9 Å². The predicted octanol–water partition coefficient (Wildman–Crippen LogP) is 3.11. The SMILES string of the molecule is CCc1ccc(-c2cc(C3CCCNC3)[nH]n2)cc1. The van der Waals surface area contributed by atoms with Gasteiger partial charge in [0.1, 0.15) is 0 Å². The predicted molar refractivity (Wildman–Crippen MR) is 78.2 cm³/mol. The number of H-pyrrole nitrogens is 1. The zero-order chi connectivity index (χ0) is 13.1. The molecule has 3 nitrogen and oxygen atoms in total. The van der Waals surface area contributed by atoms with Crippen LogP contribution in [0, 0.1) is 0 Å². The molecule has 1 atom stereocenters. The third kappa shape index (κ3) is 2.71. The summed E-state index contributed by atoms with van der Waals surface area (Å²) >= 11 is 0. The highest BCUT2D eigenvalue weighted by atomic mass is 15.1. The largest absolute Gasteiger partial charge is 0.316 e.